The van der Waals surface area contributed by atoms with Crippen molar-refractivity contribution >= 4 is 23.2 Å². The minimum Gasteiger partial charge on any atom is -0.384 e. The van der Waals surface area contributed by atoms with Crippen molar-refractivity contribution in [2.24, 2.45) is 0 Å². The third-order valence-corrected chi connectivity index (χ3v) is 3.64. The minimum absolute atomic E-state index is 0.0254. The summed E-state index contributed by atoms with van der Waals surface area (Å²) in [7, 11) is 0. The van der Waals surface area contributed by atoms with Crippen molar-refractivity contribution in [1.82, 2.24) is 4.90 Å². The molecule has 0 aliphatic carbocycles. The predicted molar refractivity (Wildman–Crippen MR) is 75.4 cm³/mol. The number of alkyl halides is 3. The van der Waals surface area contributed by atoms with Gasteiger partial charge < -0.3 is 10.2 Å². The SMILES string of the molecule is O=C(CCNc1ccc(Cl)cc1C(F)(F)F)N1CCCC1. The molecule has 2 rings (SSSR count). The van der Waals surface area contributed by atoms with Crippen LogP contribution in [0.15, 0.2) is 18.2 Å². The van der Waals surface area contributed by atoms with Gasteiger partial charge in [-0.05, 0) is 31.0 Å². The number of hydrogen-bond donors (Lipinski definition) is 1. The lowest BCUT2D eigenvalue weighted by Gasteiger charge is -2.17. The van der Waals surface area contributed by atoms with Gasteiger partial charge in [-0.1, -0.05) is 11.6 Å². The molecule has 1 fully saturated rings. The monoisotopic (exact) mass is 320 g/mol. The van der Waals surface area contributed by atoms with Crippen molar-refractivity contribution in [2.45, 2.75) is 25.4 Å². The van der Waals surface area contributed by atoms with Gasteiger partial charge in [-0.2, -0.15) is 13.2 Å². The molecule has 1 aliphatic heterocycles. The average Bonchev–Trinajstić information content (AvgIpc) is 2.93. The zero-order valence-corrected chi connectivity index (χ0v) is 12.1. The molecule has 1 N–H and O–H groups in total. The number of benzene rings is 1. The van der Waals surface area contributed by atoms with Crippen molar-refractivity contribution in [1.29, 1.82) is 0 Å². The van der Waals surface area contributed by atoms with Gasteiger partial charge in [0.2, 0.25) is 5.91 Å². The fourth-order valence-corrected chi connectivity index (χ4v) is 2.51. The molecule has 1 saturated heterocycles. The van der Waals surface area contributed by atoms with Crippen LogP contribution in [0.1, 0.15) is 24.8 Å². The summed E-state index contributed by atoms with van der Waals surface area (Å²) >= 11 is 5.60. The summed E-state index contributed by atoms with van der Waals surface area (Å²) in [4.78, 5) is 13.6. The van der Waals surface area contributed by atoms with Crippen molar-refractivity contribution in [3.05, 3.63) is 28.8 Å². The van der Waals surface area contributed by atoms with E-state index < -0.39 is 11.7 Å². The molecule has 7 heteroatoms. The lowest BCUT2D eigenvalue weighted by atomic mass is 10.1. The van der Waals surface area contributed by atoms with Crippen LogP contribution in [0.2, 0.25) is 5.02 Å². The van der Waals surface area contributed by atoms with Crippen molar-refractivity contribution in [3.63, 3.8) is 0 Å². The summed E-state index contributed by atoms with van der Waals surface area (Å²) < 4.78 is 38.7. The minimum atomic E-state index is -4.48. The smallest absolute Gasteiger partial charge is 0.384 e. The summed E-state index contributed by atoms with van der Waals surface area (Å²) in [6, 6.07) is 3.55. The van der Waals surface area contributed by atoms with Gasteiger partial charge >= 0.3 is 6.18 Å². The van der Waals surface area contributed by atoms with E-state index in [9.17, 15) is 18.0 Å². The molecule has 1 aliphatic rings. The molecule has 0 unspecified atom stereocenters. The molecule has 0 radical (unpaired) electrons. The number of likely N-dealkylation sites (tertiary alicyclic amines) is 1. The van der Waals surface area contributed by atoms with Gasteiger partial charge in [0.25, 0.3) is 0 Å². The van der Waals surface area contributed by atoms with E-state index in [2.05, 4.69) is 5.32 Å². The normalized spacial score (nSPS) is 15.3. The highest BCUT2D eigenvalue weighted by Gasteiger charge is 2.33. The van der Waals surface area contributed by atoms with E-state index in [1.165, 1.54) is 12.1 Å². The van der Waals surface area contributed by atoms with Crippen LogP contribution in [-0.4, -0.2) is 30.4 Å². The Hall–Kier alpha value is -1.43. The number of halogens is 4. The summed E-state index contributed by atoms with van der Waals surface area (Å²) in [5.74, 6) is -0.0254. The third-order valence-electron chi connectivity index (χ3n) is 3.40. The number of rotatable bonds is 4. The lowest BCUT2D eigenvalue weighted by Crippen LogP contribution is -2.29. The first kappa shape index (κ1) is 15.9. The van der Waals surface area contributed by atoms with E-state index in [4.69, 9.17) is 11.6 Å². The van der Waals surface area contributed by atoms with Gasteiger partial charge in [0, 0.05) is 36.8 Å². The Bertz CT molecular complexity index is 513. The van der Waals surface area contributed by atoms with Crippen molar-refractivity contribution in [3.8, 4) is 0 Å². The first-order valence-corrected chi connectivity index (χ1v) is 7.14. The van der Waals surface area contributed by atoms with Crippen LogP contribution in [-0.2, 0) is 11.0 Å². The predicted octanol–water partition coefficient (Wildman–Crippen LogP) is 3.78. The Balaban J connectivity index is 1.95. The van der Waals surface area contributed by atoms with E-state index in [1.807, 2.05) is 0 Å². The maximum atomic E-state index is 12.9. The number of nitrogens with zero attached hydrogens (tertiary/aromatic N) is 1. The van der Waals surface area contributed by atoms with E-state index in [0.717, 1.165) is 32.0 Å². The summed E-state index contributed by atoms with van der Waals surface area (Å²) in [5, 5.41) is 2.70. The molecule has 0 bridgehead atoms. The maximum absolute atomic E-state index is 12.9. The van der Waals surface area contributed by atoms with Gasteiger partial charge in [0.1, 0.15) is 0 Å². The Morgan fingerprint density at radius 3 is 2.57 bits per heavy atom. The number of anilines is 1. The van der Waals surface area contributed by atoms with Crippen LogP contribution in [0.3, 0.4) is 0 Å². The van der Waals surface area contributed by atoms with Crippen LogP contribution in [0.25, 0.3) is 0 Å². The second-order valence-corrected chi connectivity index (χ2v) is 5.39. The van der Waals surface area contributed by atoms with Crippen LogP contribution >= 0.6 is 11.6 Å². The van der Waals surface area contributed by atoms with Crippen LogP contribution < -0.4 is 5.32 Å². The molecule has 1 heterocycles. The molecule has 0 atom stereocenters. The molecular weight excluding hydrogens is 305 g/mol. The van der Waals surface area contributed by atoms with Crippen molar-refractivity contribution < 1.29 is 18.0 Å². The van der Waals surface area contributed by atoms with Gasteiger partial charge in [0.05, 0.1) is 5.56 Å². The number of carbonyl (C=O) groups excluding carboxylic acids is 1. The summed E-state index contributed by atoms with van der Waals surface area (Å²) in [6.45, 7) is 1.65. The molecule has 0 saturated carbocycles. The molecule has 1 amide bonds. The number of carbonyl (C=O) groups is 1. The fraction of sp³-hybridized carbons (Fsp3) is 0.500. The molecule has 1 aromatic carbocycles. The highest BCUT2D eigenvalue weighted by molar-refractivity contribution is 6.30. The molecule has 116 valence electrons. The van der Waals surface area contributed by atoms with E-state index in [-0.39, 0.29) is 29.6 Å². The Kier molecular flexibility index (Phi) is 4.98. The molecule has 21 heavy (non-hydrogen) atoms. The van der Waals surface area contributed by atoms with Gasteiger partial charge in [-0.15, -0.1) is 0 Å². The Morgan fingerprint density at radius 1 is 1.29 bits per heavy atom. The topological polar surface area (TPSA) is 32.3 Å². The largest absolute Gasteiger partial charge is 0.418 e. The second-order valence-electron chi connectivity index (χ2n) is 4.95. The highest BCUT2D eigenvalue weighted by Crippen LogP contribution is 2.36. The zero-order chi connectivity index (χ0) is 15.5. The molecule has 3 nitrogen and oxygen atoms in total. The van der Waals surface area contributed by atoms with Gasteiger partial charge in [0.15, 0.2) is 0 Å². The fourth-order valence-electron chi connectivity index (χ4n) is 2.33. The number of hydrogen-bond acceptors (Lipinski definition) is 2. The van der Waals surface area contributed by atoms with Crippen LogP contribution in [0.4, 0.5) is 18.9 Å². The second kappa shape index (κ2) is 6.56. The van der Waals surface area contributed by atoms with Crippen LogP contribution in [0.5, 0.6) is 0 Å². The number of nitrogens with one attached hydrogen (secondary N) is 1. The van der Waals surface area contributed by atoms with Gasteiger partial charge in [-0.25, -0.2) is 0 Å². The van der Waals surface area contributed by atoms with E-state index in [1.54, 1.807) is 4.90 Å². The van der Waals surface area contributed by atoms with Gasteiger partial charge in [-0.3, -0.25) is 4.79 Å². The molecule has 0 aromatic heterocycles. The lowest BCUT2D eigenvalue weighted by molar-refractivity contribution is -0.137. The summed E-state index contributed by atoms with van der Waals surface area (Å²) in [6.07, 6.45) is -2.31. The third kappa shape index (κ3) is 4.27. The standard InChI is InChI=1S/C14H16ClF3N2O/c15-10-3-4-12(11(9-10)14(16,17)18)19-6-5-13(21)20-7-1-2-8-20/h3-4,9,19H,1-2,5-8H2. The maximum Gasteiger partial charge on any atom is 0.418 e. The number of amides is 1. The quantitative estimate of drug-likeness (QED) is 0.915. The zero-order valence-electron chi connectivity index (χ0n) is 11.3. The van der Waals surface area contributed by atoms with E-state index >= 15 is 0 Å². The van der Waals surface area contributed by atoms with Crippen LogP contribution in [0, 0.1) is 0 Å². The average molecular weight is 321 g/mol. The molecular formula is C14H16ClF3N2O. The first-order chi connectivity index (χ1) is 9.88. The van der Waals surface area contributed by atoms with E-state index in [0.29, 0.717) is 0 Å². The van der Waals surface area contributed by atoms with Crippen molar-refractivity contribution in [2.75, 3.05) is 25.0 Å². The summed E-state index contributed by atoms with van der Waals surface area (Å²) in [5.41, 5.74) is -0.871. The molecule has 1 aromatic rings. The first-order valence-electron chi connectivity index (χ1n) is 6.76. The Labute approximate surface area is 126 Å². The molecule has 0 spiro atoms. The highest BCUT2D eigenvalue weighted by atomic mass is 35.5. The Morgan fingerprint density at radius 2 is 1.95 bits per heavy atom.